The molecule has 202 valence electrons. The van der Waals surface area contributed by atoms with Crippen molar-refractivity contribution in [2.75, 3.05) is 36.0 Å². The van der Waals surface area contributed by atoms with Crippen LogP contribution in [0.1, 0.15) is 6.23 Å². The lowest BCUT2D eigenvalue weighted by atomic mass is 10.1. The second kappa shape index (κ2) is 10.5. The van der Waals surface area contributed by atoms with Crippen molar-refractivity contribution in [2.24, 2.45) is 5.73 Å². The zero-order chi connectivity index (χ0) is 27.7. The number of aromatic nitrogens is 4. The number of H-pyrrole nitrogens is 1. The quantitative estimate of drug-likeness (QED) is 0.141. The number of aliphatic hydroxyl groups is 2. The highest BCUT2D eigenvalue weighted by molar-refractivity contribution is 5.74. The van der Waals surface area contributed by atoms with Crippen LogP contribution >= 0.6 is 0 Å². The van der Waals surface area contributed by atoms with Crippen LogP contribution in [0.4, 0.5) is 30.5 Å². The Hall–Kier alpha value is -4.07. The number of nitrogen functional groups attached to an aromatic ring is 1. The first-order valence-corrected chi connectivity index (χ1v) is 10.3. The number of halogens is 3. The summed E-state index contributed by atoms with van der Waals surface area (Å²) in [6, 6.07) is 0. The molecule has 0 amide bonds. The van der Waals surface area contributed by atoms with Crippen molar-refractivity contribution in [1.82, 2.24) is 19.5 Å². The van der Waals surface area contributed by atoms with E-state index in [1.807, 2.05) is 0 Å². The molecule has 4 atom stereocenters. The average Bonchev–Trinajstić information content (AvgIpc) is 3.36. The summed E-state index contributed by atoms with van der Waals surface area (Å²) in [5.74, 6) is -2.90. The molecule has 4 rings (SSSR count). The summed E-state index contributed by atoms with van der Waals surface area (Å²) in [7, 11) is 0. The van der Waals surface area contributed by atoms with Gasteiger partial charge < -0.3 is 42.2 Å². The van der Waals surface area contributed by atoms with Crippen LogP contribution in [0.5, 0.6) is 0 Å². The fraction of sp³-hybridized carbons (Fsp3) is 0.444. The second-order valence-corrected chi connectivity index (χ2v) is 7.63. The number of anilines is 3. The molecule has 3 heterocycles. The summed E-state index contributed by atoms with van der Waals surface area (Å²) in [5.41, 5.74) is 9.30. The SMILES string of the molecule is NCCNc1c(NC[C@H]2O[C@@H](n3cnc4c(=O)[nH]c(N)nc43)[C@H](O)[C@@H]2O)c(=O)c1=O.O=C(O)C(F)(F)F. The lowest BCUT2D eigenvalue weighted by Crippen LogP contribution is -2.41. The van der Waals surface area contributed by atoms with Crippen molar-refractivity contribution in [3.8, 4) is 0 Å². The highest BCUT2D eigenvalue weighted by Gasteiger charge is 2.44. The first-order chi connectivity index (χ1) is 17.3. The van der Waals surface area contributed by atoms with Crippen LogP contribution in [-0.4, -0.2) is 84.9 Å². The smallest absolute Gasteiger partial charge is 0.475 e. The Kier molecular flexibility index (Phi) is 7.81. The van der Waals surface area contributed by atoms with Gasteiger partial charge in [-0.1, -0.05) is 0 Å². The molecule has 0 bridgehead atoms. The lowest BCUT2D eigenvalue weighted by molar-refractivity contribution is -0.192. The molecule has 0 saturated carbocycles. The van der Waals surface area contributed by atoms with Gasteiger partial charge in [-0.2, -0.15) is 18.2 Å². The van der Waals surface area contributed by atoms with Gasteiger partial charge in [0.25, 0.3) is 16.4 Å². The Morgan fingerprint density at radius 3 is 2.32 bits per heavy atom. The number of aromatic amines is 1. The van der Waals surface area contributed by atoms with E-state index in [1.54, 1.807) is 0 Å². The maximum Gasteiger partial charge on any atom is 0.490 e. The highest BCUT2D eigenvalue weighted by atomic mass is 19.4. The molecule has 0 radical (unpaired) electrons. The molecule has 1 aromatic carbocycles. The van der Waals surface area contributed by atoms with Crippen molar-refractivity contribution in [3.05, 3.63) is 37.1 Å². The molecule has 37 heavy (non-hydrogen) atoms. The maximum atomic E-state index is 11.9. The zero-order valence-electron chi connectivity index (χ0n) is 18.5. The number of aliphatic hydroxyl groups excluding tert-OH is 2. The molecule has 1 aliphatic heterocycles. The van der Waals surface area contributed by atoms with Crippen LogP contribution in [0.2, 0.25) is 0 Å². The number of nitrogens with two attached hydrogens (primary N) is 2. The van der Waals surface area contributed by atoms with Crippen molar-refractivity contribution < 1.29 is 38.0 Å². The monoisotopic (exact) mass is 534 g/mol. The Morgan fingerprint density at radius 1 is 1.16 bits per heavy atom. The standard InChI is InChI=1S/C16H20N8O6.C2HF3O2/c17-1-2-19-6-7(11(27)10(6)26)20-3-5-9(25)12(28)15(30-5)24-4-21-8-13(24)22-16(18)23-14(8)29;3-2(4,5)1(6)7/h4-5,9,12,15,19-20,25,28H,1-3,17H2,(H3,18,22,23,29);(H,6,7)/t5-,9-,12-,15-;/m1./s1. The Bertz CT molecular complexity index is 1410. The molecule has 1 aliphatic rings. The summed E-state index contributed by atoms with van der Waals surface area (Å²) in [6.07, 6.45) is -8.58. The largest absolute Gasteiger partial charge is 0.490 e. The number of rotatable bonds is 7. The fourth-order valence-electron chi connectivity index (χ4n) is 3.39. The average molecular weight is 534 g/mol. The molecule has 3 aromatic rings. The maximum absolute atomic E-state index is 11.9. The fourth-order valence-corrected chi connectivity index (χ4v) is 3.39. The summed E-state index contributed by atoms with van der Waals surface area (Å²) < 4.78 is 38.8. The van der Waals surface area contributed by atoms with E-state index in [2.05, 4.69) is 25.6 Å². The van der Waals surface area contributed by atoms with Crippen LogP contribution in [0.25, 0.3) is 11.2 Å². The number of hydrogen-bond donors (Lipinski definition) is 8. The van der Waals surface area contributed by atoms with Crippen LogP contribution in [0.3, 0.4) is 0 Å². The van der Waals surface area contributed by atoms with E-state index in [0.717, 1.165) is 0 Å². The van der Waals surface area contributed by atoms with Gasteiger partial charge in [-0.15, -0.1) is 0 Å². The highest BCUT2D eigenvalue weighted by Crippen LogP contribution is 2.31. The summed E-state index contributed by atoms with van der Waals surface area (Å²) in [5, 5.41) is 33.5. The van der Waals surface area contributed by atoms with E-state index in [9.17, 15) is 37.8 Å². The van der Waals surface area contributed by atoms with Crippen LogP contribution in [0, 0.1) is 0 Å². The normalized spacial score (nSPS) is 21.6. The first kappa shape index (κ1) is 27.5. The summed E-state index contributed by atoms with van der Waals surface area (Å²) >= 11 is 0. The van der Waals surface area contributed by atoms with Gasteiger partial charge in [-0.25, -0.2) is 9.78 Å². The molecule has 1 fully saturated rings. The summed E-state index contributed by atoms with van der Waals surface area (Å²) in [6.45, 7) is 0.516. The van der Waals surface area contributed by atoms with Crippen molar-refractivity contribution >= 4 is 34.5 Å². The van der Waals surface area contributed by atoms with Gasteiger partial charge in [-0.05, 0) is 0 Å². The lowest BCUT2D eigenvalue weighted by Gasteiger charge is -2.19. The number of aliphatic carboxylic acids is 1. The predicted octanol–water partition coefficient (Wildman–Crippen LogP) is -2.97. The number of alkyl halides is 3. The molecular formula is C18H21F3N8O8. The third kappa shape index (κ3) is 5.53. The molecule has 0 unspecified atom stereocenters. The van der Waals surface area contributed by atoms with Crippen LogP contribution in [-0.2, 0) is 9.53 Å². The minimum absolute atomic E-state index is 0.00424. The first-order valence-electron chi connectivity index (χ1n) is 10.3. The molecule has 0 aliphatic carbocycles. The number of nitrogens with zero attached hydrogens (tertiary/aromatic N) is 3. The number of carboxylic acid groups (broad SMARTS) is 1. The molecule has 1 saturated heterocycles. The topological polar surface area (TPSA) is 261 Å². The minimum atomic E-state index is -5.08. The predicted molar refractivity (Wildman–Crippen MR) is 120 cm³/mol. The number of carbonyl (C=O) groups is 1. The van der Waals surface area contributed by atoms with E-state index in [1.165, 1.54) is 10.9 Å². The molecule has 19 heteroatoms. The van der Waals surface area contributed by atoms with Crippen LogP contribution < -0.4 is 38.5 Å². The Labute approximate surface area is 202 Å². The van der Waals surface area contributed by atoms with E-state index >= 15 is 0 Å². The Morgan fingerprint density at radius 2 is 1.76 bits per heavy atom. The van der Waals surface area contributed by atoms with E-state index in [0.29, 0.717) is 6.54 Å². The third-order valence-electron chi connectivity index (χ3n) is 5.14. The van der Waals surface area contributed by atoms with Gasteiger partial charge >= 0.3 is 12.1 Å². The van der Waals surface area contributed by atoms with Crippen molar-refractivity contribution in [2.45, 2.75) is 30.7 Å². The molecule has 10 N–H and O–H groups in total. The molecule has 0 spiro atoms. The summed E-state index contributed by atoms with van der Waals surface area (Å²) in [4.78, 5) is 54.5. The zero-order valence-corrected chi connectivity index (χ0v) is 18.5. The number of imidazole rings is 1. The van der Waals surface area contributed by atoms with E-state index in [-0.39, 0.29) is 41.6 Å². The number of nitrogens with one attached hydrogen (secondary N) is 3. The third-order valence-corrected chi connectivity index (χ3v) is 5.14. The van der Waals surface area contributed by atoms with E-state index < -0.39 is 53.1 Å². The number of fused-ring (bicyclic) bond motifs is 1. The van der Waals surface area contributed by atoms with Crippen molar-refractivity contribution in [1.29, 1.82) is 0 Å². The van der Waals surface area contributed by atoms with Crippen LogP contribution in [0.15, 0.2) is 20.7 Å². The van der Waals surface area contributed by atoms with Gasteiger partial charge in [-0.3, -0.25) is 23.9 Å². The molecular weight excluding hydrogens is 513 g/mol. The van der Waals surface area contributed by atoms with Crippen molar-refractivity contribution in [3.63, 3.8) is 0 Å². The van der Waals surface area contributed by atoms with Gasteiger partial charge in [0.2, 0.25) is 5.95 Å². The van der Waals surface area contributed by atoms with Gasteiger partial charge in [0.15, 0.2) is 17.4 Å². The number of ether oxygens (including phenoxy) is 1. The van der Waals surface area contributed by atoms with Gasteiger partial charge in [0.05, 0.1) is 6.33 Å². The number of carboxylic acids is 1. The van der Waals surface area contributed by atoms with E-state index in [4.69, 9.17) is 26.1 Å². The minimum Gasteiger partial charge on any atom is -0.475 e. The van der Waals surface area contributed by atoms with Gasteiger partial charge in [0.1, 0.15) is 29.7 Å². The second-order valence-electron chi connectivity index (χ2n) is 7.63. The molecule has 16 nitrogen and oxygen atoms in total. The number of hydrogen-bond acceptors (Lipinski definition) is 13. The van der Waals surface area contributed by atoms with Gasteiger partial charge in [0, 0.05) is 19.6 Å². The Balaban J connectivity index is 0.000000479. The molecule has 2 aromatic heterocycles.